The Kier molecular flexibility index (Phi) is 6.61. The minimum atomic E-state index is -0.445. The zero-order valence-corrected chi connectivity index (χ0v) is 17.3. The van der Waals surface area contributed by atoms with Gasteiger partial charge in [0, 0.05) is 5.56 Å². The van der Waals surface area contributed by atoms with Gasteiger partial charge >= 0.3 is 0 Å². The van der Waals surface area contributed by atoms with Gasteiger partial charge in [-0.15, -0.1) is 10.2 Å². The summed E-state index contributed by atoms with van der Waals surface area (Å²) in [6.07, 6.45) is 0. The van der Waals surface area contributed by atoms with Crippen LogP contribution in [-0.4, -0.2) is 39.7 Å². The van der Waals surface area contributed by atoms with Crippen molar-refractivity contribution in [2.24, 2.45) is 0 Å². The largest absolute Gasteiger partial charge is 0.497 e. The zero-order chi connectivity index (χ0) is 20.8. The number of nitrogen functional groups attached to an aromatic ring is 1. The number of hydrogen-bond acceptors (Lipinski definition) is 7. The number of methoxy groups -OCH3 is 1. The van der Waals surface area contributed by atoms with E-state index in [-0.39, 0.29) is 5.91 Å². The highest BCUT2D eigenvalue weighted by Gasteiger charge is 2.21. The zero-order valence-electron chi connectivity index (χ0n) is 16.5. The molecule has 0 aliphatic heterocycles. The van der Waals surface area contributed by atoms with Gasteiger partial charge in [0.2, 0.25) is 11.1 Å². The molecule has 0 fully saturated rings. The van der Waals surface area contributed by atoms with Gasteiger partial charge in [0.05, 0.1) is 24.7 Å². The Bertz CT molecular complexity index is 975. The lowest BCUT2D eigenvalue weighted by atomic mass is 10.2. The number of carbonyl (C=O) groups is 1. The van der Waals surface area contributed by atoms with Crippen LogP contribution in [0.1, 0.15) is 13.8 Å². The second-order valence-corrected chi connectivity index (χ2v) is 7.39. The molecule has 0 unspecified atom stereocenters. The number of benzene rings is 2. The van der Waals surface area contributed by atoms with Crippen molar-refractivity contribution in [3.8, 4) is 22.9 Å². The van der Waals surface area contributed by atoms with Crippen LogP contribution < -0.4 is 20.6 Å². The summed E-state index contributed by atoms with van der Waals surface area (Å²) in [6.45, 7) is 4.19. The Morgan fingerprint density at radius 2 is 1.93 bits per heavy atom. The molecule has 9 heteroatoms. The number of carbonyl (C=O) groups excluding carboxylic acids is 1. The lowest BCUT2D eigenvalue weighted by Crippen LogP contribution is -2.24. The summed E-state index contributed by atoms with van der Waals surface area (Å²) in [5.74, 6) is 7.85. The maximum atomic E-state index is 12.6. The number of thioether (sulfide) groups is 1. The minimum Gasteiger partial charge on any atom is -0.497 e. The first-order valence-corrected chi connectivity index (χ1v) is 9.95. The maximum absolute atomic E-state index is 12.6. The molecule has 0 aliphatic rings. The van der Waals surface area contributed by atoms with Gasteiger partial charge in [-0.2, -0.15) is 0 Å². The first-order valence-electron chi connectivity index (χ1n) is 9.07. The van der Waals surface area contributed by atoms with E-state index in [4.69, 9.17) is 15.3 Å². The number of aromatic nitrogens is 3. The number of hydrogen-bond donors (Lipinski definition) is 2. The third-order valence-electron chi connectivity index (χ3n) is 4.11. The predicted octanol–water partition coefficient (Wildman–Crippen LogP) is 3.19. The number of nitrogens with two attached hydrogens (primary N) is 1. The molecule has 0 spiro atoms. The maximum Gasteiger partial charge on any atom is 0.237 e. The standard InChI is InChI=1S/C20H23N5O3S/c1-4-28-17-8-6-5-7-16(17)22-19(26)13(2)29-20-24-23-18(25(20)21)14-9-11-15(27-3)12-10-14/h5-13H,4,21H2,1-3H3,(H,22,26)/t13-/m1/s1. The molecule has 1 atom stereocenters. The van der Waals surface area contributed by atoms with E-state index in [0.29, 0.717) is 29.0 Å². The molecule has 1 heterocycles. The fourth-order valence-electron chi connectivity index (χ4n) is 2.59. The van der Waals surface area contributed by atoms with E-state index in [0.717, 1.165) is 11.3 Å². The average Bonchev–Trinajstić information content (AvgIpc) is 3.09. The molecule has 0 aliphatic carbocycles. The van der Waals surface area contributed by atoms with Crippen LogP contribution in [0.3, 0.4) is 0 Å². The van der Waals surface area contributed by atoms with Crippen LogP contribution in [0.2, 0.25) is 0 Å². The second kappa shape index (κ2) is 9.33. The van der Waals surface area contributed by atoms with Crippen molar-refractivity contribution in [1.29, 1.82) is 0 Å². The topological polar surface area (TPSA) is 104 Å². The summed E-state index contributed by atoms with van der Waals surface area (Å²) in [7, 11) is 1.61. The summed E-state index contributed by atoms with van der Waals surface area (Å²) in [4.78, 5) is 12.6. The summed E-state index contributed by atoms with van der Waals surface area (Å²) in [5.41, 5.74) is 1.43. The molecule has 0 saturated carbocycles. The molecule has 3 rings (SSSR count). The number of nitrogens with zero attached hydrogens (tertiary/aromatic N) is 3. The van der Waals surface area contributed by atoms with Crippen LogP contribution in [0.25, 0.3) is 11.4 Å². The van der Waals surface area contributed by atoms with Crippen LogP contribution in [0.15, 0.2) is 53.7 Å². The van der Waals surface area contributed by atoms with E-state index in [1.807, 2.05) is 49.4 Å². The van der Waals surface area contributed by atoms with Crippen LogP contribution in [0.5, 0.6) is 11.5 Å². The molecular weight excluding hydrogens is 390 g/mol. The molecule has 2 aromatic carbocycles. The smallest absolute Gasteiger partial charge is 0.237 e. The number of nitrogens with one attached hydrogen (secondary N) is 1. The van der Waals surface area contributed by atoms with Gasteiger partial charge in [0.15, 0.2) is 5.82 Å². The molecule has 3 aromatic rings. The molecule has 1 aromatic heterocycles. The lowest BCUT2D eigenvalue weighted by molar-refractivity contribution is -0.115. The molecule has 1 amide bonds. The molecule has 0 saturated heterocycles. The molecule has 0 bridgehead atoms. The van der Waals surface area contributed by atoms with Gasteiger partial charge in [-0.1, -0.05) is 23.9 Å². The number of amides is 1. The van der Waals surface area contributed by atoms with E-state index in [9.17, 15) is 4.79 Å². The SMILES string of the molecule is CCOc1ccccc1NC(=O)[C@@H](C)Sc1nnc(-c2ccc(OC)cc2)n1N. The normalized spacial score (nSPS) is 11.7. The quantitative estimate of drug-likeness (QED) is 0.432. The molecular formula is C20H23N5O3S. The average molecular weight is 414 g/mol. The van der Waals surface area contributed by atoms with Crippen molar-refractivity contribution in [3.63, 3.8) is 0 Å². The van der Waals surface area contributed by atoms with Gasteiger partial charge in [0.25, 0.3) is 0 Å². The van der Waals surface area contributed by atoms with Gasteiger partial charge in [-0.3, -0.25) is 4.79 Å². The summed E-state index contributed by atoms with van der Waals surface area (Å²) in [6, 6.07) is 14.7. The summed E-state index contributed by atoms with van der Waals surface area (Å²) in [5, 5.41) is 11.2. The van der Waals surface area contributed by atoms with Crippen LogP contribution in [0, 0.1) is 0 Å². The number of ether oxygens (including phenoxy) is 2. The van der Waals surface area contributed by atoms with Gasteiger partial charge < -0.3 is 20.6 Å². The fourth-order valence-corrected chi connectivity index (χ4v) is 3.36. The Morgan fingerprint density at radius 1 is 1.21 bits per heavy atom. The number of rotatable bonds is 8. The Hall–Kier alpha value is -3.20. The number of para-hydroxylation sites is 2. The fraction of sp³-hybridized carbons (Fsp3) is 0.250. The second-order valence-electron chi connectivity index (χ2n) is 6.08. The van der Waals surface area contributed by atoms with Crippen LogP contribution >= 0.6 is 11.8 Å². The van der Waals surface area contributed by atoms with Crippen LogP contribution in [0.4, 0.5) is 5.69 Å². The Balaban J connectivity index is 1.70. The number of anilines is 1. The minimum absolute atomic E-state index is 0.184. The summed E-state index contributed by atoms with van der Waals surface area (Å²) < 4.78 is 12.1. The molecule has 29 heavy (non-hydrogen) atoms. The van der Waals surface area contributed by atoms with Gasteiger partial charge in [0.1, 0.15) is 11.5 Å². The van der Waals surface area contributed by atoms with E-state index in [1.165, 1.54) is 16.4 Å². The van der Waals surface area contributed by atoms with Crippen molar-refractivity contribution in [2.45, 2.75) is 24.3 Å². The molecule has 0 radical (unpaired) electrons. The van der Waals surface area contributed by atoms with Crippen molar-refractivity contribution < 1.29 is 14.3 Å². The highest BCUT2D eigenvalue weighted by molar-refractivity contribution is 8.00. The highest BCUT2D eigenvalue weighted by atomic mass is 32.2. The molecule has 3 N–H and O–H groups in total. The molecule has 8 nitrogen and oxygen atoms in total. The predicted molar refractivity (Wildman–Crippen MR) is 114 cm³/mol. The lowest BCUT2D eigenvalue weighted by Gasteiger charge is -2.14. The Morgan fingerprint density at radius 3 is 2.62 bits per heavy atom. The van der Waals surface area contributed by atoms with Crippen LogP contribution in [-0.2, 0) is 4.79 Å². The van der Waals surface area contributed by atoms with Crippen molar-refractivity contribution in [2.75, 3.05) is 24.9 Å². The van der Waals surface area contributed by atoms with Crippen molar-refractivity contribution >= 4 is 23.4 Å². The monoisotopic (exact) mass is 413 g/mol. The first kappa shape index (κ1) is 20.5. The third kappa shape index (κ3) is 4.80. The third-order valence-corrected chi connectivity index (χ3v) is 5.17. The van der Waals surface area contributed by atoms with E-state index < -0.39 is 5.25 Å². The van der Waals surface area contributed by atoms with Gasteiger partial charge in [-0.25, -0.2) is 4.68 Å². The first-order chi connectivity index (χ1) is 14.0. The van der Waals surface area contributed by atoms with Crippen molar-refractivity contribution in [1.82, 2.24) is 14.9 Å². The Labute approximate surface area is 173 Å². The van der Waals surface area contributed by atoms with Crippen molar-refractivity contribution in [3.05, 3.63) is 48.5 Å². The van der Waals surface area contributed by atoms with Gasteiger partial charge in [-0.05, 0) is 50.2 Å². The molecule has 152 valence electrons. The van der Waals surface area contributed by atoms with E-state index in [2.05, 4.69) is 15.5 Å². The van der Waals surface area contributed by atoms with E-state index >= 15 is 0 Å². The highest BCUT2D eigenvalue weighted by Crippen LogP contribution is 2.28. The summed E-state index contributed by atoms with van der Waals surface area (Å²) >= 11 is 1.23. The van der Waals surface area contributed by atoms with E-state index in [1.54, 1.807) is 20.1 Å².